The molecule has 0 fully saturated rings. The van der Waals surface area contributed by atoms with Crippen LogP contribution in [-0.2, 0) is 4.79 Å². The number of methoxy groups -OCH3 is 1. The maximum absolute atomic E-state index is 12.3. The molecule has 1 unspecified atom stereocenters. The van der Waals surface area contributed by atoms with Gasteiger partial charge in [0.05, 0.1) is 29.5 Å². The lowest BCUT2D eigenvalue weighted by Crippen LogP contribution is -2.21. The minimum Gasteiger partial charge on any atom is -0.497 e. The summed E-state index contributed by atoms with van der Waals surface area (Å²) < 4.78 is 5.32. The summed E-state index contributed by atoms with van der Waals surface area (Å²) in [5.74, 6) is -0.484. The van der Waals surface area contributed by atoms with Gasteiger partial charge in [-0.05, 0) is 36.2 Å². The molecular weight excluding hydrogens is 370 g/mol. The largest absolute Gasteiger partial charge is 0.497 e. The number of Topliss-reactive ketones (excluding diaryl/α,β-unsaturated/α-hetero) is 1. The number of carbonyl (C=O) groups is 1. The Morgan fingerprint density at radius 2 is 2.00 bits per heavy atom. The second-order valence-corrected chi connectivity index (χ2v) is 7.25. The van der Waals surface area contributed by atoms with Gasteiger partial charge in [0.1, 0.15) is 11.7 Å². The molecule has 1 N–H and O–H groups in total. The molecule has 0 radical (unpaired) electrons. The van der Waals surface area contributed by atoms with Crippen LogP contribution >= 0.6 is 11.8 Å². The second kappa shape index (κ2) is 8.68. The zero-order valence-electron chi connectivity index (χ0n) is 15.6. The number of aromatic nitrogens is 1. The average molecular weight is 389 g/mol. The lowest BCUT2D eigenvalue weighted by molar-refractivity contribution is -0.117. The molecule has 2 aromatic carbocycles. The molecule has 1 aromatic heterocycles. The van der Waals surface area contributed by atoms with E-state index in [1.165, 1.54) is 18.7 Å². The molecule has 0 saturated heterocycles. The van der Waals surface area contributed by atoms with Gasteiger partial charge in [-0.3, -0.25) is 4.79 Å². The van der Waals surface area contributed by atoms with E-state index >= 15 is 0 Å². The van der Waals surface area contributed by atoms with Crippen LogP contribution in [0.1, 0.15) is 6.92 Å². The number of rotatable bonds is 7. The summed E-state index contributed by atoms with van der Waals surface area (Å²) in [4.78, 5) is 16.9. The Bertz CT molecular complexity index is 1070. The van der Waals surface area contributed by atoms with Crippen molar-refractivity contribution in [3.63, 3.8) is 0 Å². The molecule has 0 saturated carbocycles. The number of carbonyl (C=O) groups excluding carboxylic acids is 1. The average Bonchev–Trinajstić information content (AvgIpc) is 2.72. The van der Waals surface area contributed by atoms with Crippen LogP contribution in [-0.4, -0.2) is 29.3 Å². The normalized spacial score (nSPS) is 11.6. The van der Waals surface area contributed by atoms with Gasteiger partial charge in [0.25, 0.3) is 0 Å². The summed E-state index contributed by atoms with van der Waals surface area (Å²) in [5, 5.41) is 18.4. The summed E-state index contributed by atoms with van der Waals surface area (Å²) in [7, 11) is 1.61. The quantitative estimate of drug-likeness (QED) is 0.465. The summed E-state index contributed by atoms with van der Waals surface area (Å²) in [5.41, 5.74) is 2.91. The maximum Gasteiger partial charge on any atom is 0.165 e. The highest BCUT2D eigenvalue weighted by atomic mass is 32.2. The van der Waals surface area contributed by atoms with Crippen LogP contribution < -0.4 is 4.74 Å². The second-order valence-electron chi connectivity index (χ2n) is 6.26. The standard InChI is InChI=1S/C22H19N3O2S/c1-14(24)19(12-23)21(26)13-28-22-11-18(15-6-4-3-5-7-15)17-9-8-16(27-2)10-20(17)25-22/h3-11,19,24H,13H2,1-2H3. The summed E-state index contributed by atoms with van der Waals surface area (Å²) >= 11 is 1.28. The molecule has 6 heteroatoms. The molecule has 0 amide bonds. The van der Waals surface area contributed by atoms with E-state index in [2.05, 4.69) is 4.98 Å². The highest BCUT2D eigenvalue weighted by molar-refractivity contribution is 7.99. The first-order valence-electron chi connectivity index (χ1n) is 8.68. The number of benzene rings is 2. The van der Waals surface area contributed by atoms with E-state index in [0.717, 1.165) is 22.0 Å². The van der Waals surface area contributed by atoms with Crippen molar-refractivity contribution in [1.82, 2.24) is 4.98 Å². The SMILES string of the molecule is COc1ccc2c(-c3ccccc3)cc(SCC(=O)C(C#N)C(C)=N)nc2c1. The fourth-order valence-corrected chi connectivity index (χ4v) is 3.70. The van der Waals surface area contributed by atoms with Crippen LogP contribution in [0.2, 0.25) is 0 Å². The van der Waals surface area contributed by atoms with Gasteiger partial charge in [-0.2, -0.15) is 5.26 Å². The number of thioether (sulfide) groups is 1. The molecular formula is C22H19N3O2S. The maximum atomic E-state index is 12.3. The minimum atomic E-state index is -0.998. The summed E-state index contributed by atoms with van der Waals surface area (Å²) in [6.45, 7) is 1.48. The molecule has 5 nitrogen and oxygen atoms in total. The molecule has 28 heavy (non-hydrogen) atoms. The number of nitrogens with zero attached hydrogens (tertiary/aromatic N) is 2. The van der Waals surface area contributed by atoms with Gasteiger partial charge in [0.15, 0.2) is 5.78 Å². The first-order valence-corrected chi connectivity index (χ1v) is 9.66. The topological polar surface area (TPSA) is 86.8 Å². The van der Waals surface area contributed by atoms with Gasteiger partial charge in [0.2, 0.25) is 0 Å². The molecule has 0 aliphatic rings. The van der Waals surface area contributed by atoms with Crippen LogP contribution in [0, 0.1) is 22.7 Å². The predicted molar refractivity (Wildman–Crippen MR) is 112 cm³/mol. The molecule has 0 aliphatic heterocycles. The molecule has 3 rings (SSSR count). The van der Waals surface area contributed by atoms with Crippen molar-refractivity contribution >= 4 is 34.2 Å². The van der Waals surface area contributed by atoms with Crippen molar-refractivity contribution in [3.05, 3.63) is 54.6 Å². The van der Waals surface area contributed by atoms with Gasteiger partial charge < -0.3 is 10.1 Å². The minimum absolute atomic E-state index is 0.0641. The molecule has 1 heterocycles. The number of nitrogens with one attached hydrogen (secondary N) is 1. The van der Waals surface area contributed by atoms with Crippen LogP contribution in [0.25, 0.3) is 22.0 Å². The van der Waals surface area contributed by atoms with E-state index < -0.39 is 5.92 Å². The van der Waals surface area contributed by atoms with Crippen molar-refractivity contribution in [1.29, 1.82) is 10.7 Å². The Kier molecular flexibility index (Phi) is 6.07. The first-order chi connectivity index (χ1) is 13.5. The van der Waals surface area contributed by atoms with Crippen molar-refractivity contribution < 1.29 is 9.53 Å². The summed E-state index contributed by atoms with van der Waals surface area (Å²) in [6.07, 6.45) is 0. The number of ketones is 1. The fourth-order valence-electron chi connectivity index (χ4n) is 2.88. The highest BCUT2D eigenvalue weighted by Crippen LogP contribution is 2.33. The van der Waals surface area contributed by atoms with E-state index in [1.807, 2.05) is 60.7 Å². The summed E-state index contributed by atoms with van der Waals surface area (Å²) in [6, 6.07) is 19.6. The van der Waals surface area contributed by atoms with Crippen molar-refractivity contribution in [3.8, 4) is 22.9 Å². The smallest absolute Gasteiger partial charge is 0.165 e. The number of fused-ring (bicyclic) bond motifs is 1. The molecule has 0 aliphatic carbocycles. The highest BCUT2D eigenvalue weighted by Gasteiger charge is 2.20. The molecule has 0 bridgehead atoms. The lowest BCUT2D eigenvalue weighted by Gasteiger charge is -2.11. The predicted octanol–water partition coefficient (Wildman–Crippen LogP) is 4.75. The van der Waals surface area contributed by atoms with E-state index in [-0.39, 0.29) is 17.2 Å². The molecule has 140 valence electrons. The molecule has 3 aromatic rings. The van der Waals surface area contributed by atoms with E-state index in [4.69, 9.17) is 15.4 Å². The first kappa shape index (κ1) is 19.6. The van der Waals surface area contributed by atoms with Gasteiger partial charge >= 0.3 is 0 Å². The van der Waals surface area contributed by atoms with Crippen LogP contribution in [0.4, 0.5) is 0 Å². The number of hydrogen-bond donors (Lipinski definition) is 1. The Morgan fingerprint density at radius 1 is 1.25 bits per heavy atom. The Balaban J connectivity index is 2.00. The van der Waals surface area contributed by atoms with Gasteiger partial charge in [-0.15, -0.1) is 0 Å². The number of ether oxygens (including phenoxy) is 1. The zero-order valence-corrected chi connectivity index (χ0v) is 16.4. The van der Waals surface area contributed by atoms with Gasteiger partial charge in [0, 0.05) is 17.2 Å². The number of nitriles is 1. The zero-order chi connectivity index (χ0) is 20.1. The number of pyridine rings is 1. The van der Waals surface area contributed by atoms with Crippen LogP contribution in [0.5, 0.6) is 5.75 Å². The van der Waals surface area contributed by atoms with Crippen molar-refractivity contribution in [2.45, 2.75) is 11.9 Å². The van der Waals surface area contributed by atoms with Crippen molar-refractivity contribution in [2.75, 3.05) is 12.9 Å². The number of hydrogen-bond acceptors (Lipinski definition) is 6. The van der Waals surface area contributed by atoms with E-state index in [9.17, 15) is 4.79 Å². The van der Waals surface area contributed by atoms with Crippen LogP contribution in [0.3, 0.4) is 0 Å². The van der Waals surface area contributed by atoms with E-state index in [0.29, 0.717) is 10.8 Å². The monoisotopic (exact) mass is 389 g/mol. The Labute approximate surface area is 167 Å². The molecule has 1 atom stereocenters. The fraction of sp³-hybridized carbons (Fsp3) is 0.182. The van der Waals surface area contributed by atoms with Gasteiger partial charge in [-0.1, -0.05) is 42.1 Å². The Hall–Kier alpha value is -3.17. The Morgan fingerprint density at radius 3 is 2.64 bits per heavy atom. The lowest BCUT2D eigenvalue weighted by atomic mass is 10.0. The van der Waals surface area contributed by atoms with Gasteiger partial charge in [-0.25, -0.2) is 4.98 Å². The van der Waals surface area contributed by atoms with Crippen LogP contribution in [0.15, 0.2) is 59.6 Å². The third-order valence-corrected chi connectivity index (χ3v) is 5.26. The van der Waals surface area contributed by atoms with E-state index in [1.54, 1.807) is 7.11 Å². The molecule has 0 spiro atoms. The third kappa shape index (κ3) is 4.21. The third-order valence-electron chi connectivity index (χ3n) is 4.32. The van der Waals surface area contributed by atoms with Crippen molar-refractivity contribution in [2.24, 2.45) is 5.92 Å².